The number of benzene rings is 1. The minimum atomic E-state index is 0.0896. The third kappa shape index (κ3) is 3.56. The molecule has 20 heavy (non-hydrogen) atoms. The quantitative estimate of drug-likeness (QED) is 0.691. The van der Waals surface area contributed by atoms with Crippen molar-refractivity contribution in [2.75, 3.05) is 13.1 Å². The van der Waals surface area contributed by atoms with Gasteiger partial charge in [-0.25, -0.2) is 0 Å². The lowest BCUT2D eigenvalue weighted by atomic mass is 9.75. The fraction of sp³-hybridized carbons (Fsp3) is 0.562. The highest BCUT2D eigenvalue weighted by atomic mass is 79.9. The number of halogens is 2. The second-order valence-corrected chi connectivity index (χ2v) is 7.82. The predicted molar refractivity (Wildman–Crippen MR) is 87.2 cm³/mol. The Labute approximate surface area is 134 Å². The monoisotopic (exact) mass is 357 g/mol. The van der Waals surface area contributed by atoms with Gasteiger partial charge in [0.2, 0.25) is 0 Å². The van der Waals surface area contributed by atoms with Crippen LogP contribution < -0.4 is 0 Å². The molecule has 1 aromatic carbocycles. The van der Waals surface area contributed by atoms with Crippen molar-refractivity contribution < 1.29 is 4.79 Å². The fourth-order valence-corrected chi connectivity index (χ4v) is 3.19. The van der Waals surface area contributed by atoms with E-state index in [4.69, 9.17) is 11.6 Å². The minimum absolute atomic E-state index is 0.0896. The fourth-order valence-electron chi connectivity index (χ4n) is 2.76. The molecule has 1 aliphatic rings. The van der Waals surface area contributed by atoms with Gasteiger partial charge in [0.25, 0.3) is 5.91 Å². The maximum atomic E-state index is 12.5. The van der Waals surface area contributed by atoms with E-state index in [-0.39, 0.29) is 5.91 Å². The molecule has 0 spiro atoms. The number of hydrogen-bond donors (Lipinski definition) is 0. The van der Waals surface area contributed by atoms with Gasteiger partial charge < -0.3 is 4.90 Å². The highest BCUT2D eigenvalue weighted by molar-refractivity contribution is 9.10. The van der Waals surface area contributed by atoms with Crippen LogP contribution in [0.2, 0.25) is 5.02 Å². The molecule has 1 fully saturated rings. The Morgan fingerprint density at radius 2 is 1.90 bits per heavy atom. The van der Waals surface area contributed by atoms with Crippen molar-refractivity contribution >= 4 is 33.4 Å². The zero-order valence-corrected chi connectivity index (χ0v) is 14.6. The van der Waals surface area contributed by atoms with Crippen molar-refractivity contribution in [2.45, 2.75) is 33.6 Å². The Morgan fingerprint density at radius 1 is 1.30 bits per heavy atom. The summed E-state index contributed by atoms with van der Waals surface area (Å²) in [6.07, 6.45) is 2.17. The molecule has 1 amide bonds. The van der Waals surface area contributed by atoms with E-state index in [9.17, 15) is 4.79 Å². The van der Waals surface area contributed by atoms with Crippen molar-refractivity contribution in [3.05, 3.63) is 33.3 Å². The van der Waals surface area contributed by atoms with Gasteiger partial charge in [-0.15, -0.1) is 0 Å². The van der Waals surface area contributed by atoms with Crippen molar-refractivity contribution in [1.82, 2.24) is 4.90 Å². The SMILES string of the molecule is CC(C)(C)C1CCN(C(=O)c2ccc(Br)c(Cl)c2)CC1. The van der Waals surface area contributed by atoms with E-state index >= 15 is 0 Å². The van der Waals surface area contributed by atoms with E-state index in [1.54, 1.807) is 6.07 Å². The summed E-state index contributed by atoms with van der Waals surface area (Å²) in [5.41, 5.74) is 1.00. The first-order valence-electron chi connectivity index (χ1n) is 7.03. The lowest BCUT2D eigenvalue weighted by Crippen LogP contribution is -2.41. The van der Waals surface area contributed by atoms with Gasteiger partial charge in [0.05, 0.1) is 5.02 Å². The van der Waals surface area contributed by atoms with Crippen LogP contribution in [0.15, 0.2) is 22.7 Å². The summed E-state index contributed by atoms with van der Waals surface area (Å²) in [4.78, 5) is 14.4. The van der Waals surface area contributed by atoms with Gasteiger partial charge in [0.15, 0.2) is 0 Å². The number of carbonyl (C=O) groups excluding carboxylic acids is 1. The van der Waals surface area contributed by atoms with E-state index in [0.717, 1.165) is 30.4 Å². The molecule has 0 saturated carbocycles. The van der Waals surface area contributed by atoms with Crippen LogP contribution in [0.5, 0.6) is 0 Å². The van der Waals surface area contributed by atoms with Gasteiger partial charge in [-0.05, 0) is 58.3 Å². The number of rotatable bonds is 1. The molecule has 1 heterocycles. The molecule has 1 saturated heterocycles. The standard InChI is InChI=1S/C16H21BrClNO/c1-16(2,3)12-6-8-19(9-7-12)15(20)11-4-5-13(17)14(18)10-11/h4-5,10,12H,6-9H2,1-3H3. The summed E-state index contributed by atoms with van der Waals surface area (Å²) < 4.78 is 0.821. The minimum Gasteiger partial charge on any atom is -0.339 e. The number of piperidine rings is 1. The van der Waals surface area contributed by atoms with Crippen LogP contribution in [0.3, 0.4) is 0 Å². The molecule has 2 nitrogen and oxygen atoms in total. The molecule has 0 aliphatic carbocycles. The Bertz CT molecular complexity index is 502. The number of hydrogen-bond acceptors (Lipinski definition) is 1. The molecule has 0 N–H and O–H groups in total. The number of amides is 1. The molecule has 0 unspecified atom stereocenters. The van der Waals surface area contributed by atoms with Crippen molar-refractivity contribution in [1.29, 1.82) is 0 Å². The summed E-state index contributed by atoms with van der Waals surface area (Å²) in [7, 11) is 0. The smallest absolute Gasteiger partial charge is 0.253 e. The molecule has 110 valence electrons. The third-order valence-corrected chi connectivity index (χ3v) is 5.41. The molecule has 0 aromatic heterocycles. The number of carbonyl (C=O) groups is 1. The van der Waals surface area contributed by atoms with Gasteiger partial charge in [-0.1, -0.05) is 32.4 Å². The van der Waals surface area contributed by atoms with Gasteiger partial charge in [0, 0.05) is 23.1 Å². The highest BCUT2D eigenvalue weighted by Gasteiger charge is 2.30. The van der Waals surface area contributed by atoms with Crippen LogP contribution in [0, 0.1) is 11.3 Å². The second-order valence-electron chi connectivity index (χ2n) is 6.56. The molecule has 0 atom stereocenters. The summed E-state index contributed by atoms with van der Waals surface area (Å²) in [6, 6.07) is 5.40. The zero-order chi connectivity index (χ0) is 14.9. The Morgan fingerprint density at radius 3 is 2.40 bits per heavy atom. The molecule has 0 bridgehead atoms. The van der Waals surface area contributed by atoms with E-state index in [0.29, 0.717) is 21.9 Å². The van der Waals surface area contributed by atoms with Gasteiger partial charge in [-0.3, -0.25) is 4.79 Å². The maximum Gasteiger partial charge on any atom is 0.253 e. The normalized spacial score (nSPS) is 17.4. The van der Waals surface area contributed by atoms with Gasteiger partial charge in [0.1, 0.15) is 0 Å². The number of nitrogens with zero attached hydrogens (tertiary/aromatic N) is 1. The molecule has 2 rings (SSSR count). The molecule has 1 aromatic rings. The first kappa shape index (κ1) is 15.8. The van der Waals surface area contributed by atoms with Crippen LogP contribution in [0.25, 0.3) is 0 Å². The largest absolute Gasteiger partial charge is 0.339 e. The maximum absolute atomic E-state index is 12.5. The predicted octanol–water partition coefficient (Wildman–Crippen LogP) is 5.00. The first-order valence-corrected chi connectivity index (χ1v) is 8.20. The van der Waals surface area contributed by atoms with Crippen LogP contribution in [0.1, 0.15) is 44.0 Å². The van der Waals surface area contributed by atoms with Crippen LogP contribution in [-0.2, 0) is 0 Å². The van der Waals surface area contributed by atoms with E-state index in [2.05, 4.69) is 36.7 Å². The van der Waals surface area contributed by atoms with E-state index in [1.807, 2.05) is 17.0 Å². The second kappa shape index (κ2) is 6.07. The zero-order valence-electron chi connectivity index (χ0n) is 12.2. The van der Waals surface area contributed by atoms with Gasteiger partial charge in [-0.2, -0.15) is 0 Å². The lowest BCUT2D eigenvalue weighted by Gasteiger charge is -2.38. The topological polar surface area (TPSA) is 20.3 Å². The third-order valence-electron chi connectivity index (χ3n) is 4.17. The molecule has 1 aliphatic heterocycles. The molecular formula is C16H21BrClNO. The van der Waals surface area contributed by atoms with E-state index in [1.165, 1.54) is 0 Å². The highest BCUT2D eigenvalue weighted by Crippen LogP contribution is 2.34. The average Bonchev–Trinajstić information content (AvgIpc) is 2.40. The Balaban J connectivity index is 2.03. The lowest BCUT2D eigenvalue weighted by molar-refractivity contribution is 0.0608. The number of likely N-dealkylation sites (tertiary alicyclic amines) is 1. The van der Waals surface area contributed by atoms with Crippen molar-refractivity contribution in [3.8, 4) is 0 Å². The molecular weight excluding hydrogens is 338 g/mol. The summed E-state index contributed by atoms with van der Waals surface area (Å²) >= 11 is 9.41. The van der Waals surface area contributed by atoms with Gasteiger partial charge >= 0.3 is 0 Å². The summed E-state index contributed by atoms with van der Waals surface area (Å²) in [5, 5.41) is 0.584. The molecule has 4 heteroatoms. The Hall–Kier alpha value is -0.540. The molecule has 0 radical (unpaired) electrons. The Kier molecular flexibility index (Phi) is 4.80. The first-order chi connectivity index (χ1) is 9.29. The summed E-state index contributed by atoms with van der Waals surface area (Å²) in [5.74, 6) is 0.784. The van der Waals surface area contributed by atoms with Crippen molar-refractivity contribution in [3.63, 3.8) is 0 Å². The van der Waals surface area contributed by atoms with Crippen molar-refractivity contribution in [2.24, 2.45) is 11.3 Å². The van der Waals surface area contributed by atoms with Crippen LogP contribution >= 0.6 is 27.5 Å². The van der Waals surface area contributed by atoms with Crippen LogP contribution in [0.4, 0.5) is 0 Å². The van der Waals surface area contributed by atoms with E-state index < -0.39 is 0 Å². The van der Waals surface area contributed by atoms with Crippen LogP contribution in [-0.4, -0.2) is 23.9 Å². The average molecular weight is 359 g/mol. The summed E-state index contributed by atoms with van der Waals surface area (Å²) in [6.45, 7) is 8.53.